The van der Waals surface area contributed by atoms with E-state index in [2.05, 4.69) is 24.1 Å². The number of para-hydroxylation sites is 1. The smallest absolute Gasteiger partial charge is 0.251 e. The van der Waals surface area contributed by atoms with E-state index in [9.17, 15) is 9.90 Å². The minimum Gasteiger partial charge on any atom is -0.384 e. The highest BCUT2D eigenvalue weighted by atomic mass is 16.3. The quantitative estimate of drug-likeness (QED) is 0.897. The van der Waals surface area contributed by atoms with Gasteiger partial charge in [0.15, 0.2) is 0 Å². The molecule has 0 aromatic heterocycles. The molecule has 1 heterocycles. The molecule has 0 aliphatic carbocycles. The molecule has 1 amide bonds. The van der Waals surface area contributed by atoms with Crippen molar-refractivity contribution in [3.63, 3.8) is 0 Å². The Labute approximate surface area is 114 Å². The van der Waals surface area contributed by atoms with E-state index in [0.29, 0.717) is 6.04 Å². The topological polar surface area (TPSA) is 43.8 Å². The first-order valence-electron chi connectivity index (χ1n) is 6.84. The Morgan fingerprint density at radius 3 is 2.42 bits per heavy atom. The maximum atomic E-state index is 11.7. The lowest BCUT2D eigenvalue weighted by atomic mass is 10.0. The van der Waals surface area contributed by atoms with Crippen molar-refractivity contribution in [1.82, 2.24) is 4.90 Å². The number of hydrogen-bond acceptors (Lipinski definition) is 3. The van der Waals surface area contributed by atoms with Crippen LogP contribution < -0.4 is 4.90 Å². The molecule has 1 aromatic rings. The number of aliphatic hydroxyl groups is 1. The molecule has 0 saturated carbocycles. The molecule has 4 heteroatoms. The van der Waals surface area contributed by atoms with Gasteiger partial charge in [-0.25, -0.2) is 0 Å². The number of benzene rings is 1. The Morgan fingerprint density at radius 1 is 1.32 bits per heavy atom. The zero-order valence-corrected chi connectivity index (χ0v) is 11.6. The zero-order chi connectivity index (χ0) is 13.8. The normalized spacial score (nSPS) is 18.2. The van der Waals surface area contributed by atoms with Crippen LogP contribution in [0.25, 0.3) is 0 Å². The average molecular weight is 262 g/mol. The van der Waals surface area contributed by atoms with Crippen LogP contribution >= 0.6 is 0 Å². The molecule has 104 valence electrons. The van der Waals surface area contributed by atoms with Gasteiger partial charge >= 0.3 is 0 Å². The summed E-state index contributed by atoms with van der Waals surface area (Å²) in [6, 6.07) is 10.8. The minimum absolute atomic E-state index is 0.152. The Hall–Kier alpha value is -1.55. The minimum atomic E-state index is -0.886. The Morgan fingerprint density at radius 2 is 1.89 bits per heavy atom. The van der Waals surface area contributed by atoms with Crippen LogP contribution in [0.3, 0.4) is 0 Å². The molecule has 1 aliphatic rings. The second-order valence-electron chi connectivity index (χ2n) is 5.18. The lowest BCUT2D eigenvalue weighted by Crippen LogP contribution is -2.48. The molecule has 0 unspecified atom stereocenters. The van der Waals surface area contributed by atoms with Crippen molar-refractivity contribution in [1.29, 1.82) is 0 Å². The summed E-state index contributed by atoms with van der Waals surface area (Å²) in [4.78, 5) is 15.8. The number of carbonyl (C=O) groups excluding carboxylic acids is 1. The van der Waals surface area contributed by atoms with Gasteiger partial charge in [-0.1, -0.05) is 18.2 Å². The molecule has 0 radical (unpaired) electrons. The Balaban J connectivity index is 1.91. The van der Waals surface area contributed by atoms with Gasteiger partial charge in [-0.3, -0.25) is 4.79 Å². The van der Waals surface area contributed by atoms with E-state index >= 15 is 0 Å². The van der Waals surface area contributed by atoms with E-state index in [0.717, 1.165) is 25.9 Å². The van der Waals surface area contributed by atoms with Crippen molar-refractivity contribution in [2.24, 2.45) is 0 Å². The molecule has 19 heavy (non-hydrogen) atoms. The summed E-state index contributed by atoms with van der Waals surface area (Å²) in [5.74, 6) is -0.152. The summed E-state index contributed by atoms with van der Waals surface area (Å²) in [6.45, 7) is 2.99. The van der Waals surface area contributed by atoms with Gasteiger partial charge in [-0.05, 0) is 31.9 Å². The van der Waals surface area contributed by atoms with Gasteiger partial charge in [0.05, 0.1) is 0 Å². The van der Waals surface area contributed by atoms with Gasteiger partial charge in [-0.15, -0.1) is 0 Å². The molecule has 0 bridgehead atoms. The first kappa shape index (κ1) is 13.9. The number of carbonyl (C=O) groups is 1. The number of aliphatic hydroxyl groups excluding tert-OH is 1. The van der Waals surface area contributed by atoms with Crippen molar-refractivity contribution < 1.29 is 9.90 Å². The number of nitrogens with zero attached hydrogens (tertiary/aromatic N) is 2. The molecule has 1 atom stereocenters. The summed E-state index contributed by atoms with van der Waals surface area (Å²) in [6.07, 6.45) is 1.01. The first-order chi connectivity index (χ1) is 9.09. The lowest BCUT2D eigenvalue weighted by Gasteiger charge is -2.38. The molecule has 1 saturated heterocycles. The van der Waals surface area contributed by atoms with Crippen LogP contribution in [0.15, 0.2) is 30.3 Å². The molecule has 1 aliphatic heterocycles. The fraction of sp³-hybridized carbons (Fsp3) is 0.533. The van der Waals surface area contributed by atoms with Gasteiger partial charge in [0.1, 0.15) is 6.10 Å². The third kappa shape index (κ3) is 3.26. The van der Waals surface area contributed by atoms with Crippen molar-refractivity contribution in [2.75, 3.05) is 25.0 Å². The summed E-state index contributed by atoms with van der Waals surface area (Å²) < 4.78 is 0. The van der Waals surface area contributed by atoms with E-state index in [1.165, 1.54) is 12.6 Å². The molecule has 1 fully saturated rings. The summed E-state index contributed by atoms with van der Waals surface area (Å²) in [7, 11) is 2.10. The second kappa shape index (κ2) is 6.06. The van der Waals surface area contributed by atoms with Crippen LogP contribution in [-0.4, -0.2) is 48.2 Å². The number of likely N-dealkylation sites (tertiary alicyclic amines) is 1. The van der Waals surface area contributed by atoms with E-state index in [-0.39, 0.29) is 5.91 Å². The SMILES string of the molecule is C[C@@H](O)C(=O)N1CCC(N(C)c2ccccc2)CC1. The number of rotatable bonds is 3. The highest BCUT2D eigenvalue weighted by Crippen LogP contribution is 2.22. The van der Waals surface area contributed by atoms with Gasteiger partial charge < -0.3 is 14.9 Å². The predicted molar refractivity (Wildman–Crippen MR) is 76.1 cm³/mol. The number of piperidine rings is 1. The molecule has 2 rings (SSSR count). The Bertz CT molecular complexity index is 411. The fourth-order valence-electron chi connectivity index (χ4n) is 2.61. The fourth-order valence-corrected chi connectivity index (χ4v) is 2.61. The van der Waals surface area contributed by atoms with Gasteiger partial charge in [0.25, 0.3) is 5.91 Å². The van der Waals surface area contributed by atoms with Crippen molar-refractivity contribution >= 4 is 11.6 Å². The van der Waals surface area contributed by atoms with E-state index in [1.54, 1.807) is 4.90 Å². The van der Waals surface area contributed by atoms with Crippen LogP contribution in [0.4, 0.5) is 5.69 Å². The van der Waals surface area contributed by atoms with Crippen LogP contribution in [0.5, 0.6) is 0 Å². The molecule has 4 nitrogen and oxygen atoms in total. The highest BCUT2D eigenvalue weighted by molar-refractivity contribution is 5.80. The third-order valence-corrected chi connectivity index (χ3v) is 3.84. The second-order valence-corrected chi connectivity index (χ2v) is 5.18. The van der Waals surface area contributed by atoms with E-state index in [4.69, 9.17) is 0 Å². The molecular formula is C15H22N2O2. The molecule has 1 aromatic carbocycles. The average Bonchev–Trinajstić information content (AvgIpc) is 2.46. The molecule has 1 N–H and O–H groups in total. The lowest BCUT2D eigenvalue weighted by molar-refractivity contribution is -0.140. The van der Waals surface area contributed by atoms with Crippen LogP contribution in [0.2, 0.25) is 0 Å². The van der Waals surface area contributed by atoms with Crippen molar-refractivity contribution in [3.8, 4) is 0 Å². The summed E-state index contributed by atoms with van der Waals surface area (Å²) >= 11 is 0. The van der Waals surface area contributed by atoms with Crippen molar-refractivity contribution in [2.45, 2.75) is 31.9 Å². The van der Waals surface area contributed by atoms with Crippen molar-refractivity contribution in [3.05, 3.63) is 30.3 Å². The van der Waals surface area contributed by atoms with Gasteiger partial charge in [-0.2, -0.15) is 0 Å². The number of hydrogen-bond donors (Lipinski definition) is 1. The first-order valence-corrected chi connectivity index (χ1v) is 6.84. The monoisotopic (exact) mass is 262 g/mol. The molecular weight excluding hydrogens is 240 g/mol. The van der Waals surface area contributed by atoms with E-state index < -0.39 is 6.10 Å². The number of anilines is 1. The van der Waals surface area contributed by atoms with E-state index in [1.807, 2.05) is 18.2 Å². The zero-order valence-electron chi connectivity index (χ0n) is 11.6. The van der Waals surface area contributed by atoms with Crippen LogP contribution in [0.1, 0.15) is 19.8 Å². The van der Waals surface area contributed by atoms with Gasteiger partial charge in [0.2, 0.25) is 0 Å². The van der Waals surface area contributed by atoms with Crippen LogP contribution in [-0.2, 0) is 4.79 Å². The summed E-state index contributed by atoms with van der Waals surface area (Å²) in [5.41, 5.74) is 1.21. The van der Waals surface area contributed by atoms with Gasteiger partial charge in [0, 0.05) is 31.9 Å². The standard InChI is InChI=1S/C15H22N2O2/c1-12(18)15(19)17-10-8-14(9-11-17)16(2)13-6-4-3-5-7-13/h3-7,12,14,18H,8-11H2,1-2H3/t12-/m1/s1. The predicted octanol–water partition coefficient (Wildman–Crippen LogP) is 1.49. The third-order valence-electron chi connectivity index (χ3n) is 3.84. The number of amides is 1. The largest absolute Gasteiger partial charge is 0.384 e. The molecule has 0 spiro atoms. The summed E-state index contributed by atoms with van der Waals surface area (Å²) in [5, 5.41) is 9.32. The highest BCUT2D eigenvalue weighted by Gasteiger charge is 2.26. The van der Waals surface area contributed by atoms with Crippen LogP contribution in [0, 0.1) is 0 Å². The maximum Gasteiger partial charge on any atom is 0.251 e. The Kier molecular flexibility index (Phi) is 4.43. The maximum absolute atomic E-state index is 11.7.